The monoisotopic (exact) mass is 530 g/mol. The van der Waals surface area contributed by atoms with Crippen molar-refractivity contribution >= 4 is 29.1 Å². The van der Waals surface area contributed by atoms with Gasteiger partial charge in [-0.25, -0.2) is 0 Å². The van der Waals surface area contributed by atoms with Crippen molar-refractivity contribution in [3.63, 3.8) is 0 Å². The second-order valence-electron chi connectivity index (χ2n) is 8.90. The van der Waals surface area contributed by atoms with E-state index in [-0.39, 0.29) is 43.6 Å². The Balaban J connectivity index is 0.00000361. The molecule has 1 aliphatic heterocycles. The van der Waals surface area contributed by atoms with Crippen molar-refractivity contribution in [1.29, 1.82) is 0 Å². The lowest BCUT2D eigenvalue weighted by molar-refractivity contribution is -0.184. The Hall–Kier alpha value is -2.78. The van der Waals surface area contributed by atoms with Crippen LogP contribution in [0.2, 0.25) is 0 Å². The standard InChI is InChI=1S/C26H24F6N2O.ClH/c1-16(21-11-5-7-17-6-2-3-10-22(17)21)33-13-19-14-34(24(35)26(30,31)32)15-23(19)18-8-4-9-20(12-18)25(27,28)29;/h2-12,16,19,23,33H,13-15H2,1H3;1H/t16-,19?,23?;/m1./s1. The molecule has 1 fully saturated rings. The average Bonchev–Trinajstić information content (AvgIpc) is 3.24. The number of halogens is 7. The van der Waals surface area contributed by atoms with E-state index in [1.54, 1.807) is 0 Å². The number of hydrogen-bond donors (Lipinski definition) is 1. The van der Waals surface area contributed by atoms with Gasteiger partial charge >= 0.3 is 18.3 Å². The molecule has 0 spiro atoms. The van der Waals surface area contributed by atoms with Crippen LogP contribution in [0.15, 0.2) is 66.7 Å². The first-order chi connectivity index (χ1) is 16.4. The Bertz CT molecular complexity index is 1210. The number of nitrogens with one attached hydrogen (secondary N) is 1. The summed E-state index contributed by atoms with van der Waals surface area (Å²) in [5, 5.41) is 5.41. The van der Waals surface area contributed by atoms with Crippen LogP contribution in [0.3, 0.4) is 0 Å². The van der Waals surface area contributed by atoms with Crippen LogP contribution >= 0.6 is 12.4 Å². The van der Waals surface area contributed by atoms with E-state index in [4.69, 9.17) is 0 Å². The summed E-state index contributed by atoms with van der Waals surface area (Å²) in [5.74, 6) is -3.14. The number of benzene rings is 3. The van der Waals surface area contributed by atoms with Crippen LogP contribution in [0.5, 0.6) is 0 Å². The van der Waals surface area contributed by atoms with Crippen LogP contribution in [0, 0.1) is 5.92 Å². The molecule has 3 nitrogen and oxygen atoms in total. The van der Waals surface area contributed by atoms with Crippen molar-refractivity contribution in [3.05, 3.63) is 83.4 Å². The molecule has 1 N–H and O–H groups in total. The molecule has 3 aromatic carbocycles. The van der Waals surface area contributed by atoms with Gasteiger partial charge in [0.2, 0.25) is 0 Å². The Kier molecular flexibility index (Phi) is 8.25. The number of carbonyl (C=O) groups excluding carboxylic acids is 1. The molecule has 1 amide bonds. The molecule has 0 aromatic heterocycles. The van der Waals surface area contributed by atoms with Gasteiger partial charge in [-0.05, 0) is 40.8 Å². The first kappa shape index (κ1) is 27.8. The molecule has 194 valence electrons. The smallest absolute Gasteiger partial charge is 0.334 e. The topological polar surface area (TPSA) is 32.3 Å². The van der Waals surface area contributed by atoms with Gasteiger partial charge in [0.1, 0.15) is 0 Å². The predicted molar refractivity (Wildman–Crippen MR) is 128 cm³/mol. The number of hydrogen-bond acceptors (Lipinski definition) is 2. The number of nitrogens with zero attached hydrogens (tertiary/aromatic N) is 1. The average molecular weight is 531 g/mol. The zero-order valence-electron chi connectivity index (χ0n) is 19.2. The molecule has 10 heteroatoms. The fraction of sp³-hybridized carbons (Fsp3) is 0.346. The van der Waals surface area contributed by atoms with Crippen molar-refractivity contribution < 1.29 is 31.1 Å². The lowest BCUT2D eigenvalue weighted by Gasteiger charge is -2.23. The van der Waals surface area contributed by atoms with Gasteiger partial charge in [-0.1, -0.05) is 60.7 Å². The Morgan fingerprint density at radius 2 is 1.64 bits per heavy atom. The predicted octanol–water partition coefficient (Wildman–Crippen LogP) is 6.74. The second-order valence-corrected chi connectivity index (χ2v) is 8.90. The summed E-state index contributed by atoms with van der Waals surface area (Å²) < 4.78 is 79.1. The van der Waals surface area contributed by atoms with Crippen molar-refractivity contribution in [2.24, 2.45) is 5.92 Å². The van der Waals surface area contributed by atoms with Gasteiger partial charge in [-0.2, -0.15) is 26.3 Å². The Morgan fingerprint density at radius 1 is 0.972 bits per heavy atom. The largest absolute Gasteiger partial charge is 0.471 e. The van der Waals surface area contributed by atoms with Crippen LogP contribution in [0.25, 0.3) is 10.8 Å². The number of fused-ring (bicyclic) bond motifs is 1. The summed E-state index contributed by atoms with van der Waals surface area (Å²) >= 11 is 0. The van der Waals surface area contributed by atoms with Crippen molar-refractivity contribution in [3.8, 4) is 0 Å². The maximum absolute atomic E-state index is 13.3. The second kappa shape index (κ2) is 10.7. The van der Waals surface area contributed by atoms with Gasteiger partial charge in [0.05, 0.1) is 5.56 Å². The van der Waals surface area contributed by atoms with E-state index in [2.05, 4.69) is 5.32 Å². The lowest BCUT2D eigenvalue weighted by atomic mass is 9.87. The molecular weight excluding hydrogens is 506 g/mol. The van der Waals surface area contributed by atoms with Crippen LogP contribution in [-0.2, 0) is 11.0 Å². The Labute approximate surface area is 210 Å². The molecule has 0 aliphatic carbocycles. The quantitative estimate of drug-likeness (QED) is 0.371. The number of amides is 1. The number of likely N-dealkylation sites (tertiary alicyclic amines) is 1. The highest BCUT2D eigenvalue weighted by Crippen LogP contribution is 2.38. The zero-order chi connectivity index (χ0) is 25.4. The number of rotatable bonds is 5. The van der Waals surface area contributed by atoms with Crippen molar-refractivity contribution in [2.45, 2.75) is 31.2 Å². The third-order valence-corrected chi connectivity index (χ3v) is 6.59. The van der Waals surface area contributed by atoms with Gasteiger partial charge in [0, 0.05) is 31.6 Å². The minimum atomic E-state index is -5.04. The van der Waals surface area contributed by atoms with Gasteiger partial charge in [0.25, 0.3) is 0 Å². The minimum absolute atomic E-state index is 0. The molecule has 36 heavy (non-hydrogen) atoms. The highest BCUT2D eigenvalue weighted by atomic mass is 35.5. The van der Waals surface area contributed by atoms with E-state index in [0.29, 0.717) is 4.90 Å². The molecule has 0 bridgehead atoms. The first-order valence-electron chi connectivity index (χ1n) is 11.2. The van der Waals surface area contributed by atoms with Gasteiger partial charge < -0.3 is 10.2 Å². The van der Waals surface area contributed by atoms with E-state index in [0.717, 1.165) is 28.5 Å². The molecule has 1 aliphatic rings. The highest BCUT2D eigenvalue weighted by Gasteiger charge is 2.47. The van der Waals surface area contributed by atoms with E-state index in [1.807, 2.05) is 49.4 Å². The van der Waals surface area contributed by atoms with E-state index in [9.17, 15) is 31.1 Å². The van der Waals surface area contributed by atoms with E-state index in [1.165, 1.54) is 12.1 Å². The van der Waals surface area contributed by atoms with Crippen LogP contribution in [0.4, 0.5) is 26.3 Å². The zero-order valence-corrected chi connectivity index (χ0v) is 20.1. The summed E-state index contributed by atoms with van der Waals surface area (Å²) in [7, 11) is 0. The lowest BCUT2D eigenvalue weighted by Crippen LogP contribution is -2.40. The van der Waals surface area contributed by atoms with Crippen molar-refractivity contribution in [1.82, 2.24) is 10.2 Å². The SMILES string of the molecule is C[C@@H](NCC1CN(C(=O)C(F)(F)F)CC1c1cccc(C(F)(F)F)c1)c1cccc2ccccc12.Cl. The number of alkyl halides is 6. The summed E-state index contributed by atoms with van der Waals surface area (Å²) in [6.45, 7) is 1.66. The summed E-state index contributed by atoms with van der Waals surface area (Å²) in [6, 6.07) is 18.1. The minimum Gasteiger partial charge on any atom is -0.334 e. The molecule has 3 atom stereocenters. The van der Waals surface area contributed by atoms with Gasteiger partial charge in [-0.15, -0.1) is 12.4 Å². The molecule has 4 rings (SSSR count). The normalized spacial score (nSPS) is 19.2. The van der Waals surface area contributed by atoms with E-state index >= 15 is 0 Å². The third kappa shape index (κ3) is 5.95. The van der Waals surface area contributed by atoms with Gasteiger partial charge in [0.15, 0.2) is 0 Å². The molecule has 3 aromatic rings. The third-order valence-electron chi connectivity index (χ3n) is 6.59. The van der Waals surface area contributed by atoms with Crippen LogP contribution in [-0.4, -0.2) is 36.6 Å². The molecule has 2 unspecified atom stereocenters. The maximum atomic E-state index is 13.3. The molecule has 1 saturated heterocycles. The van der Waals surface area contributed by atoms with Crippen LogP contribution in [0.1, 0.15) is 35.6 Å². The fourth-order valence-corrected chi connectivity index (χ4v) is 4.81. The summed E-state index contributed by atoms with van der Waals surface area (Å²) in [6.07, 6.45) is -9.62. The van der Waals surface area contributed by atoms with Gasteiger partial charge in [-0.3, -0.25) is 4.79 Å². The summed E-state index contributed by atoms with van der Waals surface area (Å²) in [4.78, 5) is 12.6. The highest BCUT2D eigenvalue weighted by molar-refractivity contribution is 5.86. The summed E-state index contributed by atoms with van der Waals surface area (Å²) in [5.41, 5.74) is 0.397. The number of carbonyl (C=O) groups is 1. The molecular formula is C26H25ClF6N2O. The van der Waals surface area contributed by atoms with Crippen molar-refractivity contribution in [2.75, 3.05) is 19.6 Å². The Morgan fingerprint density at radius 3 is 2.33 bits per heavy atom. The van der Waals surface area contributed by atoms with Crippen LogP contribution < -0.4 is 5.32 Å². The maximum Gasteiger partial charge on any atom is 0.471 e. The molecule has 1 heterocycles. The fourth-order valence-electron chi connectivity index (χ4n) is 4.81. The first-order valence-corrected chi connectivity index (χ1v) is 11.2. The molecule has 0 saturated carbocycles. The van der Waals surface area contributed by atoms with E-state index < -0.39 is 35.7 Å². The molecule has 0 radical (unpaired) electrons.